The Morgan fingerprint density at radius 3 is 2.51 bits per heavy atom. The smallest absolute Gasteiger partial charge is 0.281 e. The van der Waals surface area contributed by atoms with E-state index in [2.05, 4.69) is 39.5 Å². The first-order chi connectivity index (χ1) is 27.0. The molecule has 1 amide bonds. The van der Waals surface area contributed by atoms with Crippen molar-refractivity contribution in [3.05, 3.63) is 83.1 Å². The van der Waals surface area contributed by atoms with E-state index < -0.39 is 33.9 Å². The second-order valence-corrected chi connectivity index (χ2v) is 17.3. The summed E-state index contributed by atoms with van der Waals surface area (Å²) >= 11 is 6.40. The lowest BCUT2D eigenvalue weighted by molar-refractivity contribution is 0.0981. The molecule has 3 saturated carbocycles. The number of carbonyl (C=O) groups is 1. The van der Waals surface area contributed by atoms with Crippen molar-refractivity contribution in [1.29, 1.82) is 0 Å². The number of nitrogens with one attached hydrogen (secondary N) is 3. The Labute approximate surface area is 321 Å². The van der Waals surface area contributed by atoms with Crippen molar-refractivity contribution < 1.29 is 28.2 Å². The Balaban J connectivity index is 0.924. The molecule has 8 rings (SSSR count). The fourth-order valence-electron chi connectivity index (χ4n) is 8.08. The molecule has 1 aromatic carbocycles. The Kier molecular flexibility index (Phi) is 8.17. The predicted molar refractivity (Wildman–Crippen MR) is 201 cm³/mol. The van der Waals surface area contributed by atoms with Crippen LogP contribution in [0.5, 0.6) is 11.6 Å². The largest absolute Gasteiger partial charge is 0.485 e. The van der Waals surface area contributed by atoms with Gasteiger partial charge in [0.25, 0.3) is 15.9 Å². The second kappa shape index (κ2) is 13.9. The first-order valence-corrected chi connectivity index (χ1v) is 20.0. The number of sulfonamides is 1. The number of benzene rings is 1. The van der Waals surface area contributed by atoms with Crippen LogP contribution in [-0.4, -0.2) is 59.3 Å². The van der Waals surface area contributed by atoms with Crippen LogP contribution in [0.4, 0.5) is 5.82 Å². The van der Waals surface area contributed by atoms with Crippen molar-refractivity contribution in [2.75, 3.05) is 25.0 Å². The minimum atomic E-state index is -4.49. The number of hydrogen-bond acceptors (Lipinski definition) is 10. The molecule has 2 spiro atoms. The van der Waals surface area contributed by atoms with Gasteiger partial charge in [-0.05, 0) is 124 Å². The van der Waals surface area contributed by atoms with E-state index in [0.717, 1.165) is 57.1 Å². The molecule has 0 radical (unpaired) electrons. The summed E-state index contributed by atoms with van der Waals surface area (Å²) in [5.74, 6) is -0.307. The van der Waals surface area contributed by atoms with Crippen LogP contribution in [0.15, 0.2) is 71.9 Å². The maximum absolute atomic E-state index is 13.5. The first kappa shape index (κ1) is 31.2. The molecule has 1 atom stereocenters. The lowest BCUT2D eigenvalue weighted by Crippen LogP contribution is -2.31. The quantitative estimate of drug-likeness (QED) is 0.0847. The van der Waals surface area contributed by atoms with Crippen LogP contribution in [0, 0.1) is 22.7 Å². The van der Waals surface area contributed by atoms with Crippen LogP contribution < -0.4 is 24.8 Å². The monoisotopic (exact) mass is 763 g/mol. The number of carbonyl (C=O) groups excluding carboxylic acids is 1. The summed E-state index contributed by atoms with van der Waals surface area (Å²) in [6.07, 6.45) is 5.83. The van der Waals surface area contributed by atoms with Gasteiger partial charge in [0.2, 0.25) is 5.88 Å². The third-order valence-electron chi connectivity index (χ3n) is 11.1. The number of amides is 1. The van der Waals surface area contributed by atoms with E-state index in [9.17, 15) is 13.2 Å². The summed E-state index contributed by atoms with van der Waals surface area (Å²) in [4.78, 5) is 21.9. The van der Waals surface area contributed by atoms with Gasteiger partial charge in [-0.2, -0.15) is 8.42 Å². The number of nitrogens with zero attached hydrogens (tertiary/aromatic N) is 4. The van der Waals surface area contributed by atoms with E-state index in [1.807, 2.05) is 35.1 Å². The molecular formula is C39H46ClN7O5S. The third kappa shape index (κ3) is 7.48. The number of anilines is 1. The maximum atomic E-state index is 13.5. The molecule has 0 bridgehead atoms. The van der Waals surface area contributed by atoms with Crippen LogP contribution in [0.1, 0.15) is 86.6 Å². The van der Waals surface area contributed by atoms with E-state index in [4.69, 9.17) is 26.6 Å². The Bertz CT molecular complexity index is 2270. The zero-order chi connectivity index (χ0) is 40.4. The normalized spacial score (nSPS) is 22.0. The van der Waals surface area contributed by atoms with Crippen molar-refractivity contribution in [2.24, 2.45) is 22.7 Å². The number of fused-ring (bicyclic) bond motifs is 1. The molecule has 4 heterocycles. The van der Waals surface area contributed by atoms with Gasteiger partial charge in [-0.1, -0.05) is 41.9 Å². The highest BCUT2D eigenvalue weighted by molar-refractivity contribution is 7.90. The van der Waals surface area contributed by atoms with E-state index in [0.29, 0.717) is 18.2 Å². The van der Waals surface area contributed by atoms with Gasteiger partial charge in [0, 0.05) is 27.1 Å². The van der Waals surface area contributed by atoms with Gasteiger partial charge in [0.15, 0.2) is 22.4 Å². The lowest BCUT2D eigenvalue weighted by atomic mass is 9.94. The Hall–Kier alpha value is -4.20. The van der Waals surface area contributed by atoms with Crippen LogP contribution in [-0.2, 0) is 16.6 Å². The molecular weight excluding hydrogens is 714 g/mol. The molecule has 1 saturated heterocycles. The first-order valence-electron chi connectivity index (χ1n) is 20.1. The van der Waals surface area contributed by atoms with Crippen LogP contribution in [0.3, 0.4) is 0 Å². The Morgan fingerprint density at radius 2 is 1.81 bits per heavy atom. The lowest BCUT2D eigenvalue weighted by Gasteiger charge is -2.17. The van der Waals surface area contributed by atoms with Gasteiger partial charge in [0.05, 0.1) is 14.9 Å². The van der Waals surface area contributed by atoms with Gasteiger partial charge in [-0.3, -0.25) is 4.79 Å². The van der Waals surface area contributed by atoms with Crippen molar-refractivity contribution in [2.45, 2.75) is 82.3 Å². The summed E-state index contributed by atoms with van der Waals surface area (Å²) < 4.78 is 76.3. The van der Waals surface area contributed by atoms with Crippen LogP contribution >= 0.6 is 11.6 Å². The molecule has 3 aliphatic carbocycles. The number of rotatable bonds is 16. The highest BCUT2D eigenvalue weighted by Crippen LogP contribution is 2.93. The maximum Gasteiger partial charge on any atom is 0.281 e. The molecule has 14 heteroatoms. The van der Waals surface area contributed by atoms with Crippen LogP contribution in [0.25, 0.3) is 5.82 Å². The number of pyridine rings is 2. The average Bonchev–Trinajstić information content (AvgIpc) is 4.11. The van der Waals surface area contributed by atoms with E-state index in [1.54, 1.807) is 0 Å². The zero-order valence-corrected chi connectivity index (χ0v) is 31.3. The highest BCUT2D eigenvalue weighted by Gasteiger charge is 2.85. The average molecular weight is 764 g/mol. The molecule has 4 aliphatic rings. The number of halogens is 1. The van der Waals surface area contributed by atoms with Gasteiger partial charge < -0.3 is 20.1 Å². The number of hydrogen-bond donors (Lipinski definition) is 3. The fraction of sp³-hybridized carbons (Fsp3) is 0.487. The topological polar surface area (TPSA) is 149 Å². The summed E-state index contributed by atoms with van der Waals surface area (Å²) in [5, 5.41) is 10.3. The van der Waals surface area contributed by atoms with Crippen molar-refractivity contribution in [3.8, 4) is 17.4 Å². The fourth-order valence-corrected chi connectivity index (χ4v) is 9.24. The highest BCUT2D eigenvalue weighted by atomic mass is 35.5. The minimum absolute atomic E-state index is 0.0795. The summed E-state index contributed by atoms with van der Waals surface area (Å²) in [5.41, 5.74) is 0.654. The molecule has 280 valence electrons. The molecule has 4 aromatic rings. The summed E-state index contributed by atoms with van der Waals surface area (Å²) in [6, 6.07) is 16.4. The van der Waals surface area contributed by atoms with Gasteiger partial charge in [0.1, 0.15) is 11.8 Å². The SMILES string of the molecule is [2H]C([2H])(Oc1ccn(-c2ccc(C(=O)NS(=O)(=O)c3ccc(OCc4ccccc4)c(NCCC[C@@H]4CNC(C)(C)C4)n3)c(Cl)n2)n1)C([2H])([2H])C1C2(CC2)C12CC2. The summed E-state index contributed by atoms with van der Waals surface area (Å²) in [7, 11) is -4.49. The molecule has 3 aromatic heterocycles. The van der Waals surface area contributed by atoms with E-state index >= 15 is 0 Å². The molecule has 4 fully saturated rings. The predicted octanol–water partition coefficient (Wildman–Crippen LogP) is 6.55. The minimum Gasteiger partial charge on any atom is -0.485 e. The summed E-state index contributed by atoms with van der Waals surface area (Å²) in [6.45, 7) is 3.47. The molecule has 1 aliphatic heterocycles. The molecule has 0 unspecified atom stereocenters. The molecule has 12 nitrogen and oxygen atoms in total. The standard InChI is InChI=1S/C39H46ClN7O5S/c1-37(2)23-27(24-42-37)9-6-20-41-35-29(52-25-26-7-4-3-5-8-26)11-13-33(44-35)53(49,50)46-36(48)28-10-12-31(43-34(28)40)47-21-14-32(45-47)51-22-15-30-38(16-17-38)39(30)18-19-39/h3-5,7-8,10-14,21,27,30,42H,6,9,15-20,22-25H2,1-2H3,(H,41,44)(H,46,48)/t27-/m0/s1/i15D2,22D2. The third-order valence-corrected chi connectivity index (χ3v) is 12.7. The van der Waals surface area contributed by atoms with Crippen LogP contribution in [0.2, 0.25) is 5.15 Å². The second-order valence-electron chi connectivity index (χ2n) is 15.3. The van der Waals surface area contributed by atoms with E-state index in [1.165, 1.54) is 41.2 Å². The van der Waals surface area contributed by atoms with E-state index in [-0.39, 0.29) is 57.1 Å². The number of ether oxygens (including phenoxy) is 2. The van der Waals surface area contributed by atoms with Gasteiger partial charge in [-0.15, -0.1) is 5.10 Å². The zero-order valence-electron chi connectivity index (χ0n) is 33.7. The Morgan fingerprint density at radius 1 is 1.04 bits per heavy atom. The van der Waals surface area contributed by atoms with Gasteiger partial charge in [-0.25, -0.2) is 19.4 Å². The van der Waals surface area contributed by atoms with Crippen molar-refractivity contribution in [1.82, 2.24) is 29.8 Å². The van der Waals surface area contributed by atoms with Crippen molar-refractivity contribution in [3.63, 3.8) is 0 Å². The molecule has 53 heavy (non-hydrogen) atoms. The molecule has 3 N–H and O–H groups in total. The van der Waals surface area contributed by atoms with Crippen molar-refractivity contribution >= 4 is 33.3 Å². The van der Waals surface area contributed by atoms with Gasteiger partial charge >= 0.3 is 0 Å². The number of aromatic nitrogens is 4.